The van der Waals surface area contributed by atoms with Crippen molar-refractivity contribution >= 4 is 23.0 Å². The summed E-state index contributed by atoms with van der Waals surface area (Å²) in [6.45, 7) is 0. The van der Waals surface area contributed by atoms with Crippen LogP contribution in [0.4, 0.5) is 17.1 Å². The molecular formula is C7H4N4O7. The first kappa shape index (κ1) is 13.0. The Balaban J connectivity index is 3.76. The summed E-state index contributed by atoms with van der Waals surface area (Å²) >= 11 is 0. The Kier molecular flexibility index (Phi) is 3.17. The number of carbonyl (C=O) groups is 1. The third kappa shape index (κ3) is 2.18. The van der Waals surface area contributed by atoms with E-state index in [1.165, 1.54) is 0 Å². The van der Waals surface area contributed by atoms with Crippen molar-refractivity contribution in [1.82, 2.24) is 0 Å². The molecule has 0 bridgehead atoms. The number of carbonyl (C=O) groups excluding carboxylic acids is 1. The molecule has 1 rings (SSSR count). The monoisotopic (exact) mass is 256 g/mol. The van der Waals surface area contributed by atoms with Crippen LogP contribution in [0.15, 0.2) is 12.1 Å². The second-order valence-electron chi connectivity index (χ2n) is 2.99. The average molecular weight is 256 g/mol. The van der Waals surface area contributed by atoms with E-state index in [1.807, 2.05) is 0 Å². The van der Waals surface area contributed by atoms with E-state index >= 15 is 0 Å². The number of rotatable bonds is 4. The first-order valence-electron chi connectivity index (χ1n) is 4.16. The third-order valence-corrected chi connectivity index (χ3v) is 1.93. The van der Waals surface area contributed by atoms with Crippen LogP contribution in [0.2, 0.25) is 0 Å². The van der Waals surface area contributed by atoms with Crippen molar-refractivity contribution in [3.8, 4) is 0 Å². The predicted molar refractivity (Wildman–Crippen MR) is 54.9 cm³/mol. The van der Waals surface area contributed by atoms with Gasteiger partial charge in [-0.2, -0.15) is 0 Å². The number of nitrogens with zero attached hydrogens (tertiary/aromatic N) is 3. The van der Waals surface area contributed by atoms with Gasteiger partial charge in [0.2, 0.25) is 0 Å². The third-order valence-electron chi connectivity index (χ3n) is 1.93. The Morgan fingerprint density at radius 1 is 0.944 bits per heavy atom. The summed E-state index contributed by atoms with van der Waals surface area (Å²) in [5, 5.41) is 31.7. The van der Waals surface area contributed by atoms with Crippen molar-refractivity contribution in [3.63, 3.8) is 0 Å². The second-order valence-corrected chi connectivity index (χ2v) is 2.99. The number of primary amides is 1. The summed E-state index contributed by atoms with van der Waals surface area (Å²) in [5.74, 6) is -1.41. The number of nitro groups is 3. The summed E-state index contributed by atoms with van der Waals surface area (Å²) < 4.78 is 0. The molecule has 0 unspecified atom stereocenters. The van der Waals surface area contributed by atoms with Gasteiger partial charge in [-0.25, -0.2) is 0 Å². The molecule has 0 aliphatic rings. The van der Waals surface area contributed by atoms with E-state index in [9.17, 15) is 35.1 Å². The number of nitro benzene ring substituents is 3. The van der Waals surface area contributed by atoms with Gasteiger partial charge in [0.05, 0.1) is 26.9 Å². The normalized spacial score (nSPS) is 9.78. The summed E-state index contributed by atoms with van der Waals surface area (Å²) in [5.41, 5.74) is 0.786. The highest BCUT2D eigenvalue weighted by Gasteiger charge is 2.33. The van der Waals surface area contributed by atoms with E-state index < -0.39 is 43.3 Å². The van der Waals surface area contributed by atoms with Crippen LogP contribution < -0.4 is 5.73 Å². The number of hydrogen-bond acceptors (Lipinski definition) is 7. The minimum atomic E-state index is -1.41. The van der Waals surface area contributed by atoms with Crippen LogP contribution in [-0.4, -0.2) is 20.7 Å². The van der Waals surface area contributed by atoms with Gasteiger partial charge in [-0.05, 0) is 0 Å². The quantitative estimate of drug-likeness (QED) is 0.602. The van der Waals surface area contributed by atoms with Crippen LogP contribution in [-0.2, 0) is 0 Å². The molecule has 0 aromatic heterocycles. The molecule has 1 amide bonds. The van der Waals surface area contributed by atoms with Gasteiger partial charge in [0, 0.05) is 0 Å². The fraction of sp³-hybridized carbons (Fsp3) is 0. The van der Waals surface area contributed by atoms with Gasteiger partial charge in [-0.3, -0.25) is 35.1 Å². The van der Waals surface area contributed by atoms with Gasteiger partial charge in [0.25, 0.3) is 23.0 Å². The predicted octanol–water partition coefficient (Wildman–Crippen LogP) is 0.510. The molecule has 11 nitrogen and oxygen atoms in total. The van der Waals surface area contributed by atoms with Gasteiger partial charge in [-0.15, -0.1) is 0 Å². The molecule has 0 aliphatic carbocycles. The lowest BCUT2D eigenvalue weighted by Gasteiger charge is -2.00. The van der Waals surface area contributed by atoms with E-state index in [-0.39, 0.29) is 0 Å². The highest BCUT2D eigenvalue weighted by atomic mass is 16.6. The van der Waals surface area contributed by atoms with Crippen molar-refractivity contribution in [1.29, 1.82) is 0 Å². The van der Waals surface area contributed by atoms with Crippen LogP contribution in [0.1, 0.15) is 10.4 Å². The van der Waals surface area contributed by atoms with Gasteiger partial charge < -0.3 is 5.73 Å². The fourth-order valence-electron chi connectivity index (χ4n) is 1.24. The number of hydrogen-bond donors (Lipinski definition) is 1. The van der Waals surface area contributed by atoms with E-state index in [2.05, 4.69) is 0 Å². The first-order chi connectivity index (χ1) is 8.25. The van der Waals surface area contributed by atoms with E-state index in [4.69, 9.17) is 5.73 Å². The summed E-state index contributed by atoms with van der Waals surface area (Å²) in [6.07, 6.45) is 0. The molecular weight excluding hydrogens is 252 g/mol. The Morgan fingerprint density at radius 3 is 1.56 bits per heavy atom. The summed E-state index contributed by atoms with van der Waals surface area (Å²) in [7, 11) is 0. The lowest BCUT2D eigenvalue weighted by Crippen LogP contribution is -2.16. The lowest BCUT2D eigenvalue weighted by atomic mass is 10.1. The first-order valence-corrected chi connectivity index (χ1v) is 4.16. The van der Waals surface area contributed by atoms with Crippen LogP contribution >= 0.6 is 0 Å². The van der Waals surface area contributed by atoms with Crippen LogP contribution in [0, 0.1) is 30.3 Å². The van der Waals surface area contributed by atoms with Crippen LogP contribution in [0.3, 0.4) is 0 Å². The smallest absolute Gasteiger partial charge is 0.296 e. The van der Waals surface area contributed by atoms with E-state index in [0.29, 0.717) is 12.1 Å². The highest BCUT2D eigenvalue weighted by molar-refractivity contribution is 6.01. The molecule has 0 atom stereocenters. The maximum atomic E-state index is 11.0. The minimum Gasteiger partial charge on any atom is -0.365 e. The zero-order chi connectivity index (χ0) is 14.0. The molecule has 0 radical (unpaired) electrons. The standard InChI is InChI=1S/C7H4N4O7/c8-7(12)6-4(10(15)16)1-3(9(13)14)2-5(6)11(17)18/h1-2H,(H2,8,12). The Morgan fingerprint density at radius 2 is 1.33 bits per heavy atom. The van der Waals surface area contributed by atoms with Crippen molar-refractivity contribution in [3.05, 3.63) is 48.0 Å². The van der Waals surface area contributed by atoms with Gasteiger partial charge >= 0.3 is 0 Å². The van der Waals surface area contributed by atoms with E-state index in [1.54, 1.807) is 0 Å². The minimum absolute atomic E-state index is 0.438. The zero-order valence-corrected chi connectivity index (χ0v) is 8.43. The molecule has 1 aromatic rings. The molecule has 0 saturated heterocycles. The van der Waals surface area contributed by atoms with Crippen molar-refractivity contribution < 1.29 is 19.6 Å². The number of non-ortho nitro benzene ring substituents is 1. The zero-order valence-electron chi connectivity index (χ0n) is 8.43. The molecule has 0 spiro atoms. The van der Waals surface area contributed by atoms with Crippen LogP contribution in [0.5, 0.6) is 0 Å². The molecule has 1 aromatic carbocycles. The molecule has 2 N–H and O–H groups in total. The fourth-order valence-corrected chi connectivity index (χ4v) is 1.24. The highest BCUT2D eigenvalue weighted by Crippen LogP contribution is 2.33. The Labute approximate surface area is 97.3 Å². The molecule has 0 heterocycles. The summed E-state index contributed by atoms with van der Waals surface area (Å²) in [6, 6.07) is 0.875. The molecule has 0 saturated carbocycles. The number of benzene rings is 1. The molecule has 94 valence electrons. The molecule has 11 heteroatoms. The molecule has 0 aliphatic heterocycles. The van der Waals surface area contributed by atoms with Crippen molar-refractivity contribution in [2.75, 3.05) is 0 Å². The topological polar surface area (TPSA) is 173 Å². The van der Waals surface area contributed by atoms with E-state index in [0.717, 1.165) is 0 Å². The molecule has 0 fully saturated rings. The largest absolute Gasteiger partial charge is 0.365 e. The Bertz CT molecular complexity index is 546. The average Bonchev–Trinajstić information content (AvgIpc) is 2.26. The summed E-state index contributed by atoms with van der Waals surface area (Å²) in [4.78, 5) is 39.4. The Hall–Kier alpha value is -3.11. The molecule has 18 heavy (non-hydrogen) atoms. The number of nitrogens with two attached hydrogens (primary N) is 1. The van der Waals surface area contributed by atoms with Gasteiger partial charge in [0.1, 0.15) is 0 Å². The maximum Gasteiger partial charge on any atom is 0.296 e. The van der Waals surface area contributed by atoms with Gasteiger partial charge in [0.15, 0.2) is 5.56 Å². The lowest BCUT2D eigenvalue weighted by molar-refractivity contribution is -0.403. The van der Waals surface area contributed by atoms with Gasteiger partial charge in [-0.1, -0.05) is 0 Å². The van der Waals surface area contributed by atoms with Crippen molar-refractivity contribution in [2.24, 2.45) is 5.73 Å². The second kappa shape index (κ2) is 4.40. The van der Waals surface area contributed by atoms with Crippen LogP contribution in [0.25, 0.3) is 0 Å². The maximum absolute atomic E-state index is 11.0. The van der Waals surface area contributed by atoms with Crippen molar-refractivity contribution in [2.45, 2.75) is 0 Å². The SMILES string of the molecule is NC(=O)c1c([N+](=O)[O-])cc([N+](=O)[O-])cc1[N+](=O)[O-]. The number of amides is 1.